The molecule has 0 saturated heterocycles. The van der Waals surface area contributed by atoms with Crippen LogP contribution < -0.4 is 5.73 Å². The van der Waals surface area contributed by atoms with Gasteiger partial charge in [0.25, 0.3) is 0 Å². The van der Waals surface area contributed by atoms with Crippen molar-refractivity contribution in [3.8, 4) is 0 Å². The molecule has 0 aliphatic rings. The molecule has 4 heteroatoms. The van der Waals surface area contributed by atoms with Gasteiger partial charge < -0.3 is 5.73 Å². The summed E-state index contributed by atoms with van der Waals surface area (Å²) in [6.07, 6.45) is 1.13. The molecule has 0 aliphatic heterocycles. The van der Waals surface area contributed by atoms with Gasteiger partial charge in [0.15, 0.2) is 0 Å². The van der Waals surface area contributed by atoms with Gasteiger partial charge in [-0.1, -0.05) is 26.3 Å². The third kappa shape index (κ3) is 4.64. The van der Waals surface area contributed by atoms with E-state index < -0.39 is 11.6 Å². The second-order valence-corrected chi connectivity index (χ2v) is 5.40. The number of nitrogens with two attached hydrogens (primary N) is 1. The topological polar surface area (TPSA) is 26.0 Å². The third-order valence-electron chi connectivity index (χ3n) is 2.76. The first-order valence-electron chi connectivity index (χ1n) is 5.82. The van der Waals surface area contributed by atoms with Crippen LogP contribution in [-0.4, -0.2) is 11.5 Å². The fraction of sp³-hybridized carbons (Fsp3) is 0.538. The van der Waals surface area contributed by atoms with Gasteiger partial charge in [-0.15, -0.1) is 0 Å². The number of rotatable bonds is 6. The molecule has 0 heterocycles. The Morgan fingerprint density at radius 3 is 2.59 bits per heavy atom. The molecular formula is C13H19F2NS. The molecule has 0 fully saturated rings. The molecule has 1 aromatic rings. The Bertz CT molecular complexity index is 357. The molecule has 0 aliphatic carbocycles. The number of hydrogen-bond acceptors (Lipinski definition) is 2. The summed E-state index contributed by atoms with van der Waals surface area (Å²) in [6.45, 7) is 4.32. The van der Waals surface area contributed by atoms with Crippen molar-refractivity contribution in [1.29, 1.82) is 0 Å². The Hall–Kier alpha value is -0.610. The van der Waals surface area contributed by atoms with Gasteiger partial charge in [0, 0.05) is 23.4 Å². The fourth-order valence-corrected chi connectivity index (χ4v) is 2.61. The second kappa shape index (κ2) is 6.97. The lowest BCUT2D eigenvalue weighted by molar-refractivity contribution is 0.563. The summed E-state index contributed by atoms with van der Waals surface area (Å²) in [6, 6.07) is 3.19. The number of hydrogen-bond donors (Lipinski definition) is 1. The largest absolute Gasteiger partial charge is 0.323 e. The van der Waals surface area contributed by atoms with E-state index in [9.17, 15) is 8.78 Å². The first-order chi connectivity index (χ1) is 8.04. The minimum absolute atomic E-state index is 0.371. The van der Waals surface area contributed by atoms with Crippen molar-refractivity contribution >= 4 is 11.8 Å². The van der Waals surface area contributed by atoms with Crippen LogP contribution in [0.25, 0.3) is 0 Å². The molecule has 0 amide bonds. The average molecular weight is 259 g/mol. The highest BCUT2D eigenvalue weighted by atomic mass is 32.2. The summed E-state index contributed by atoms with van der Waals surface area (Å²) in [4.78, 5) is 0. The average Bonchev–Trinajstić information content (AvgIpc) is 2.28. The predicted molar refractivity (Wildman–Crippen MR) is 70.1 cm³/mol. The van der Waals surface area contributed by atoms with E-state index in [2.05, 4.69) is 13.8 Å². The summed E-state index contributed by atoms with van der Waals surface area (Å²) in [5.74, 6) is 1.21. The lowest BCUT2D eigenvalue weighted by atomic mass is 10.1. The van der Waals surface area contributed by atoms with Crippen LogP contribution in [0.4, 0.5) is 8.78 Å². The van der Waals surface area contributed by atoms with E-state index >= 15 is 0 Å². The van der Waals surface area contributed by atoms with Gasteiger partial charge >= 0.3 is 0 Å². The van der Waals surface area contributed by atoms with Gasteiger partial charge in [-0.2, -0.15) is 11.8 Å². The van der Waals surface area contributed by atoms with Crippen LogP contribution >= 0.6 is 11.8 Å². The van der Waals surface area contributed by atoms with Gasteiger partial charge in [0.2, 0.25) is 0 Å². The van der Waals surface area contributed by atoms with E-state index in [0.29, 0.717) is 17.2 Å². The van der Waals surface area contributed by atoms with E-state index in [1.807, 2.05) is 0 Å². The Morgan fingerprint density at radius 2 is 2.00 bits per heavy atom. The van der Waals surface area contributed by atoms with E-state index in [0.717, 1.165) is 18.2 Å². The fourth-order valence-electron chi connectivity index (χ4n) is 1.41. The third-order valence-corrected chi connectivity index (χ3v) is 4.16. The molecule has 2 N–H and O–H groups in total. The van der Waals surface area contributed by atoms with E-state index in [1.165, 1.54) is 12.1 Å². The first kappa shape index (κ1) is 14.5. The van der Waals surface area contributed by atoms with Crippen LogP contribution in [0.3, 0.4) is 0 Å². The summed E-state index contributed by atoms with van der Waals surface area (Å²) < 4.78 is 26.2. The maximum atomic E-state index is 13.4. The van der Waals surface area contributed by atoms with Crippen molar-refractivity contribution in [1.82, 2.24) is 0 Å². The van der Waals surface area contributed by atoms with Crippen LogP contribution in [-0.2, 0) is 0 Å². The van der Waals surface area contributed by atoms with Crippen LogP contribution in [0, 0.1) is 17.6 Å². The van der Waals surface area contributed by atoms with Crippen LogP contribution in [0.15, 0.2) is 18.2 Å². The lowest BCUT2D eigenvalue weighted by Crippen LogP contribution is -2.15. The Kier molecular flexibility index (Phi) is 5.92. The van der Waals surface area contributed by atoms with Crippen LogP contribution in [0.2, 0.25) is 0 Å². The summed E-state index contributed by atoms with van der Waals surface area (Å²) >= 11 is 1.72. The Labute approximate surface area is 106 Å². The van der Waals surface area contributed by atoms with Gasteiger partial charge in [0.05, 0.1) is 0 Å². The van der Waals surface area contributed by atoms with Gasteiger partial charge in [-0.3, -0.25) is 0 Å². The lowest BCUT2D eigenvalue weighted by Gasteiger charge is -2.14. The highest BCUT2D eigenvalue weighted by molar-refractivity contribution is 7.99. The molecule has 96 valence electrons. The maximum absolute atomic E-state index is 13.4. The Morgan fingerprint density at radius 1 is 1.29 bits per heavy atom. The molecule has 1 nitrogen and oxygen atoms in total. The van der Waals surface area contributed by atoms with Gasteiger partial charge in [-0.05, 0) is 17.7 Å². The van der Waals surface area contributed by atoms with Crippen molar-refractivity contribution in [3.05, 3.63) is 35.4 Å². The number of halogens is 2. The molecule has 0 saturated carbocycles. The summed E-state index contributed by atoms with van der Waals surface area (Å²) in [5.41, 5.74) is 6.28. The zero-order valence-electron chi connectivity index (χ0n) is 10.2. The van der Waals surface area contributed by atoms with Gasteiger partial charge in [0.1, 0.15) is 11.6 Å². The molecule has 1 rings (SSSR count). The quantitative estimate of drug-likeness (QED) is 0.842. The second-order valence-electron chi connectivity index (χ2n) is 4.32. The van der Waals surface area contributed by atoms with Crippen molar-refractivity contribution in [2.24, 2.45) is 11.7 Å². The summed E-state index contributed by atoms with van der Waals surface area (Å²) in [5, 5.41) is 0. The number of benzene rings is 1. The molecule has 2 atom stereocenters. The number of thioether (sulfide) groups is 1. The van der Waals surface area contributed by atoms with Crippen molar-refractivity contribution in [2.45, 2.75) is 26.3 Å². The van der Waals surface area contributed by atoms with Crippen LogP contribution in [0.1, 0.15) is 31.9 Å². The van der Waals surface area contributed by atoms with E-state index in [-0.39, 0.29) is 6.04 Å². The SMILES string of the molecule is CCC(C)CSCC(N)c1ccc(F)cc1F. The molecule has 0 aromatic heterocycles. The highest BCUT2D eigenvalue weighted by Crippen LogP contribution is 2.21. The minimum Gasteiger partial charge on any atom is -0.323 e. The minimum atomic E-state index is -0.564. The zero-order valence-corrected chi connectivity index (χ0v) is 11.1. The molecular weight excluding hydrogens is 240 g/mol. The van der Waals surface area contributed by atoms with E-state index in [1.54, 1.807) is 11.8 Å². The smallest absolute Gasteiger partial charge is 0.130 e. The van der Waals surface area contributed by atoms with Crippen molar-refractivity contribution in [2.75, 3.05) is 11.5 Å². The standard InChI is InChI=1S/C13H19F2NS/c1-3-9(2)7-17-8-13(16)11-5-4-10(14)6-12(11)15/h4-6,9,13H,3,7-8,16H2,1-2H3. The Balaban J connectivity index is 2.49. The van der Waals surface area contributed by atoms with Gasteiger partial charge in [-0.25, -0.2) is 8.78 Å². The van der Waals surface area contributed by atoms with E-state index in [4.69, 9.17) is 5.73 Å². The van der Waals surface area contributed by atoms with Crippen LogP contribution in [0.5, 0.6) is 0 Å². The molecule has 1 aromatic carbocycles. The normalized spacial score (nSPS) is 14.6. The van der Waals surface area contributed by atoms with Crippen molar-refractivity contribution in [3.63, 3.8) is 0 Å². The van der Waals surface area contributed by atoms with Crippen molar-refractivity contribution < 1.29 is 8.78 Å². The molecule has 2 unspecified atom stereocenters. The molecule has 0 spiro atoms. The predicted octanol–water partition coefficient (Wildman–Crippen LogP) is 3.74. The highest BCUT2D eigenvalue weighted by Gasteiger charge is 2.12. The maximum Gasteiger partial charge on any atom is 0.130 e. The first-order valence-corrected chi connectivity index (χ1v) is 6.98. The molecule has 0 bridgehead atoms. The molecule has 0 radical (unpaired) electrons. The monoisotopic (exact) mass is 259 g/mol. The zero-order chi connectivity index (χ0) is 12.8. The molecule has 17 heavy (non-hydrogen) atoms. The summed E-state index contributed by atoms with van der Waals surface area (Å²) in [7, 11) is 0.